The van der Waals surface area contributed by atoms with Gasteiger partial charge >= 0.3 is 0 Å². The van der Waals surface area contributed by atoms with Crippen molar-refractivity contribution in [2.24, 2.45) is 0 Å². The molecule has 0 amide bonds. The molecule has 0 saturated heterocycles. The van der Waals surface area contributed by atoms with Gasteiger partial charge in [-0.15, -0.1) is 0 Å². The van der Waals surface area contributed by atoms with Gasteiger partial charge < -0.3 is 10.1 Å². The third-order valence-electron chi connectivity index (χ3n) is 3.18. The van der Waals surface area contributed by atoms with Crippen LogP contribution in [0.3, 0.4) is 0 Å². The van der Waals surface area contributed by atoms with Crippen LogP contribution in [0.25, 0.3) is 10.9 Å². The van der Waals surface area contributed by atoms with E-state index in [9.17, 15) is 14.7 Å². The van der Waals surface area contributed by atoms with E-state index in [1.165, 1.54) is 0 Å². The summed E-state index contributed by atoms with van der Waals surface area (Å²) in [6.07, 6.45) is 2.98. The highest BCUT2D eigenvalue weighted by molar-refractivity contribution is 6.03. The maximum absolute atomic E-state index is 12.0. The van der Waals surface area contributed by atoms with Crippen molar-refractivity contribution < 1.29 is 9.90 Å². The van der Waals surface area contributed by atoms with Crippen molar-refractivity contribution in [3.8, 4) is 5.75 Å². The normalized spacial score (nSPS) is 10.8. The van der Waals surface area contributed by atoms with Gasteiger partial charge in [-0.1, -0.05) is 31.9 Å². The number of aromatic nitrogens is 1. The average Bonchev–Trinajstić information content (AvgIpc) is 2.39. The smallest absolute Gasteiger partial charge is 0.263 e. The van der Waals surface area contributed by atoms with Crippen LogP contribution in [0.2, 0.25) is 0 Å². The number of fused-ring (bicyclic) bond motifs is 1. The lowest BCUT2D eigenvalue weighted by Gasteiger charge is -2.06. The van der Waals surface area contributed by atoms with E-state index in [4.69, 9.17) is 0 Å². The molecule has 0 aliphatic rings. The van der Waals surface area contributed by atoms with Crippen LogP contribution in [0.4, 0.5) is 0 Å². The maximum Gasteiger partial charge on any atom is 0.263 e. The molecule has 0 bridgehead atoms. The van der Waals surface area contributed by atoms with Gasteiger partial charge in [0.1, 0.15) is 11.3 Å². The summed E-state index contributed by atoms with van der Waals surface area (Å²) in [6.45, 7) is 2.05. The van der Waals surface area contributed by atoms with Crippen molar-refractivity contribution in [1.82, 2.24) is 4.98 Å². The number of aromatic amines is 1. The number of nitrogens with one attached hydrogen (secondary N) is 1. The fourth-order valence-corrected chi connectivity index (χ4v) is 2.14. The highest BCUT2D eigenvalue weighted by atomic mass is 16.3. The zero-order valence-electron chi connectivity index (χ0n) is 10.9. The molecule has 0 unspecified atom stereocenters. The van der Waals surface area contributed by atoms with Crippen LogP contribution >= 0.6 is 0 Å². The molecule has 2 rings (SSSR count). The largest absolute Gasteiger partial charge is 0.506 e. The summed E-state index contributed by atoms with van der Waals surface area (Å²) in [4.78, 5) is 26.6. The fraction of sp³-hybridized carbons (Fsp3) is 0.333. The molecule has 1 heterocycles. The fourth-order valence-electron chi connectivity index (χ4n) is 2.14. The van der Waals surface area contributed by atoms with Crippen LogP contribution in [0.1, 0.15) is 43.0 Å². The van der Waals surface area contributed by atoms with Gasteiger partial charge in [0.15, 0.2) is 5.78 Å². The maximum atomic E-state index is 12.0. The van der Waals surface area contributed by atoms with Crippen LogP contribution in [-0.2, 0) is 0 Å². The second-order valence-electron chi connectivity index (χ2n) is 4.60. The second-order valence-corrected chi connectivity index (χ2v) is 4.60. The van der Waals surface area contributed by atoms with Gasteiger partial charge in [0.2, 0.25) is 0 Å². The number of para-hydroxylation sites is 1. The molecule has 4 heteroatoms. The number of ketones is 1. The van der Waals surface area contributed by atoms with E-state index in [-0.39, 0.29) is 17.1 Å². The van der Waals surface area contributed by atoms with Gasteiger partial charge in [-0.3, -0.25) is 9.59 Å². The van der Waals surface area contributed by atoms with Crippen molar-refractivity contribution in [3.63, 3.8) is 0 Å². The number of aromatic hydroxyl groups is 1. The quantitative estimate of drug-likeness (QED) is 0.640. The monoisotopic (exact) mass is 259 g/mol. The Labute approximate surface area is 111 Å². The van der Waals surface area contributed by atoms with Gasteiger partial charge in [0.25, 0.3) is 5.56 Å². The van der Waals surface area contributed by atoms with Crippen molar-refractivity contribution >= 4 is 16.7 Å². The summed E-state index contributed by atoms with van der Waals surface area (Å²) in [6, 6.07) is 6.90. The Bertz CT molecular complexity index is 658. The molecule has 100 valence electrons. The molecular weight excluding hydrogens is 242 g/mol. The molecular formula is C15H17NO3. The molecule has 0 aliphatic heterocycles. The summed E-state index contributed by atoms with van der Waals surface area (Å²) in [5, 5.41) is 10.6. The van der Waals surface area contributed by atoms with Crippen LogP contribution in [-0.4, -0.2) is 15.9 Å². The molecule has 0 aliphatic carbocycles. The number of pyridine rings is 1. The topological polar surface area (TPSA) is 70.2 Å². The molecule has 2 aromatic rings. The van der Waals surface area contributed by atoms with Crippen LogP contribution in [0.15, 0.2) is 29.1 Å². The Hall–Kier alpha value is -2.10. The first kappa shape index (κ1) is 13.3. The van der Waals surface area contributed by atoms with Crippen molar-refractivity contribution in [2.45, 2.75) is 32.6 Å². The molecule has 0 radical (unpaired) electrons. The molecule has 2 N–H and O–H groups in total. The Morgan fingerprint density at radius 2 is 2.00 bits per heavy atom. The zero-order chi connectivity index (χ0) is 13.8. The summed E-state index contributed by atoms with van der Waals surface area (Å²) in [5.41, 5.74) is -0.0948. The number of carbonyl (C=O) groups excluding carboxylic acids is 1. The van der Waals surface area contributed by atoms with E-state index in [2.05, 4.69) is 4.98 Å². The molecule has 1 aromatic heterocycles. The Balaban J connectivity index is 2.43. The summed E-state index contributed by atoms with van der Waals surface area (Å²) >= 11 is 0. The second kappa shape index (κ2) is 5.69. The van der Waals surface area contributed by atoms with Crippen molar-refractivity contribution in [1.29, 1.82) is 0 Å². The van der Waals surface area contributed by atoms with E-state index in [0.717, 1.165) is 19.3 Å². The number of rotatable bonds is 5. The van der Waals surface area contributed by atoms with Crippen LogP contribution < -0.4 is 5.56 Å². The number of hydrogen-bond acceptors (Lipinski definition) is 3. The van der Waals surface area contributed by atoms with Crippen LogP contribution in [0, 0.1) is 0 Å². The molecule has 4 nitrogen and oxygen atoms in total. The minimum absolute atomic E-state index is 0.116. The lowest BCUT2D eigenvalue weighted by atomic mass is 10.0. The Morgan fingerprint density at radius 1 is 1.26 bits per heavy atom. The number of hydrogen-bond donors (Lipinski definition) is 2. The lowest BCUT2D eigenvalue weighted by molar-refractivity contribution is 0.0975. The number of unbranched alkanes of at least 4 members (excludes halogenated alkanes) is 2. The zero-order valence-corrected chi connectivity index (χ0v) is 10.9. The van der Waals surface area contributed by atoms with Crippen LogP contribution in [0.5, 0.6) is 5.75 Å². The van der Waals surface area contributed by atoms with Gasteiger partial charge in [-0.05, 0) is 18.6 Å². The molecule has 0 saturated carbocycles. The average molecular weight is 259 g/mol. The van der Waals surface area contributed by atoms with Gasteiger partial charge in [-0.2, -0.15) is 0 Å². The lowest BCUT2D eigenvalue weighted by Crippen LogP contribution is -2.18. The van der Waals surface area contributed by atoms with Crippen molar-refractivity contribution in [2.75, 3.05) is 0 Å². The van der Waals surface area contributed by atoms with Gasteiger partial charge in [0.05, 0.1) is 5.52 Å². The molecule has 0 atom stereocenters. The van der Waals surface area contributed by atoms with E-state index in [1.54, 1.807) is 24.3 Å². The molecule has 1 aromatic carbocycles. The highest BCUT2D eigenvalue weighted by Crippen LogP contribution is 2.25. The predicted molar refractivity (Wildman–Crippen MR) is 74.7 cm³/mol. The van der Waals surface area contributed by atoms with E-state index in [0.29, 0.717) is 17.3 Å². The number of Topliss-reactive ketones (excluding diaryl/α,β-unsaturated/α-hetero) is 1. The Kier molecular flexibility index (Phi) is 4.00. The Morgan fingerprint density at radius 3 is 2.74 bits per heavy atom. The van der Waals surface area contributed by atoms with Gasteiger partial charge in [0, 0.05) is 11.8 Å². The highest BCUT2D eigenvalue weighted by Gasteiger charge is 2.18. The van der Waals surface area contributed by atoms with E-state index in [1.807, 2.05) is 6.92 Å². The summed E-state index contributed by atoms with van der Waals surface area (Å²) < 4.78 is 0. The first-order valence-corrected chi connectivity index (χ1v) is 6.52. The van der Waals surface area contributed by atoms with Crippen molar-refractivity contribution in [3.05, 3.63) is 40.2 Å². The predicted octanol–water partition coefficient (Wildman–Crippen LogP) is 3.00. The summed E-state index contributed by atoms with van der Waals surface area (Å²) in [7, 11) is 0. The number of H-pyrrole nitrogens is 1. The molecule has 0 fully saturated rings. The minimum atomic E-state index is -0.516. The SMILES string of the molecule is CCCCCC(=O)c1c(O)c2ccccc2[nH]c1=O. The van der Waals surface area contributed by atoms with E-state index < -0.39 is 5.56 Å². The third-order valence-corrected chi connectivity index (χ3v) is 3.18. The molecule has 0 spiro atoms. The number of benzene rings is 1. The third kappa shape index (κ3) is 2.67. The standard InChI is InChI=1S/C15H17NO3/c1-2-3-4-9-12(17)13-14(18)10-7-5-6-8-11(10)16-15(13)19/h5-8H,2-4,9H2,1H3,(H2,16,18,19). The minimum Gasteiger partial charge on any atom is -0.506 e. The van der Waals surface area contributed by atoms with E-state index >= 15 is 0 Å². The first-order chi connectivity index (χ1) is 9.15. The number of carbonyl (C=O) groups is 1. The summed E-state index contributed by atoms with van der Waals surface area (Å²) in [5.74, 6) is -0.501. The van der Waals surface area contributed by atoms with Gasteiger partial charge in [-0.25, -0.2) is 0 Å². The molecule has 19 heavy (non-hydrogen) atoms. The first-order valence-electron chi connectivity index (χ1n) is 6.52.